The second-order valence-electron chi connectivity index (χ2n) is 6.68. The lowest BCUT2D eigenvalue weighted by atomic mass is 9.87. The third-order valence-corrected chi connectivity index (χ3v) is 5.30. The molecular formula is C17H24N2O4S. The molecule has 2 aromatic rings. The van der Waals surface area contributed by atoms with Crippen LogP contribution in [0, 0.1) is 13.8 Å². The first-order valence-electron chi connectivity index (χ1n) is 7.77. The predicted molar refractivity (Wildman–Crippen MR) is 91.8 cm³/mol. The van der Waals surface area contributed by atoms with E-state index in [2.05, 4.69) is 30.6 Å². The van der Waals surface area contributed by atoms with Crippen molar-refractivity contribution in [3.8, 4) is 5.75 Å². The van der Waals surface area contributed by atoms with Crippen LogP contribution in [0.1, 0.15) is 37.8 Å². The lowest BCUT2D eigenvalue weighted by Gasteiger charge is -2.19. The second kappa shape index (κ2) is 6.94. The molecule has 0 saturated carbocycles. The molecule has 2 rings (SSSR count). The van der Waals surface area contributed by atoms with Crippen molar-refractivity contribution in [2.75, 3.05) is 13.2 Å². The molecule has 0 atom stereocenters. The first-order chi connectivity index (χ1) is 11.1. The molecule has 0 aliphatic carbocycles. The molecule has 1 aromatic heterocycles. The Labute approximate surface area is 143 Å². The van der Waals surface area contributed by atoms with Crippen molar-refractivity contribution >= 4 is 10.0 Å². The molecule has 0 spiro atoms. The summed E-state index contributed by atoms with van der Waals surface area (Å²) in [5.41, 5.74) is 1.54. The van der Waals surface area contributed by atoms with E-state index in [4.69, 9.17) is 9.26 Å². The lowest BCUT2D eigenvalue weighted by molar-refractivity contribution is 0.322. The molecule has 0 fully saturated rings. The van der Waals surface area contributed by atoms with E-state index in [1.165, 1.54) is 0 Å². The Morgan fingerprint density at radius 3 is 2.54 bits per heavy atom. The molecule has 0 aliphatic heterocycles. The molecule has 7 heteroatoms. The van der Waals surface area contributed by atoms with E-state index in [0.29, 0.717) is 5.69 Å². The van der Waals surface area contributed by atoms with Gasteiger partial charge in [0.1, 0.15) is 22.9 Å². The minimum atomic E-state index is -3.65. The molecule has 0 unspecified atom stereocenters. The van der Waals surface area contributed by atoms with Gasteiger partial charge in [-0.15, -0.1) is 0 Å². The van der Waals surface area contributed by atoms with Gasteiger partial charge in [0.05, 0.1) is 0 Å². The number of ether oxygens (including phenoxy) is 1. The van der Waals surface area contributed by atoms with Gasteiger partial charge in [-0.25, -0.2) is 13.1 Å². The normalized spacial score (nSPS) is 12.4. The number of aromatic nitrogens is 1. The van der Waals surface area contributed by atoms with Crippen LogP contribution < -0.4 is 9.46 Å². The maximum atomic E-state index is 12.3. The highest BCUT2D eigenvalue weighted by atomic mass is 32.2. The summed E-state index contributed by atoms with van der Waals surface area (Å²) in [5.74, 6) is 0.998. The Hall–Kier alpha value is -1.86. The van der Waals surface area contributed by atoms with E-state index < -0.39 is 10.0 Å². The van der Waals surface area contributed by atoms with Crippen molar-refractivity contribution in [3.63, 3.8) is 0 Å². The summed E-state index contributed by atoms with van der Waals surface area (Å²) in [6, 6.07) is 7.82. The number of aryl methyl sites for hydroxylation is 2. The highest BCUT2D eigenvalue weighted by Crippen LogP contribution is 2.25. The molecule has 24 heavy (non-hydrogen) atoms. The molecular weight excluding hydrogens is 328 g/mol. The minimum Gasteiger partial charge on any atom is -0.492 e. The number of hydrogen-bond acceptors (Lipinski definition) is 5. The average Bonchev–Trinajstić information content (AvgIpc) is 2.83. The maximum absolute atomic E-state index is 12.3. The zero-order valence-electron chi connectivity index (χ0n) is 14.7. The van der Waals surface area contributed by atoms with Crippen molar-refractivity contribution < 1.29 is 17.7 Å². The number of benzene rings is 1. The van der Waals surface area contributed by atoms with Gasteiger partial charge in [-0.1, -0.05) is 38.1 Å². The van der Waals surface area contributed by atoms with Crippen molar-refractivity contribution in [3.05, 3.63) is 41.3 Å². The quantitative estimate of drug-likeness (QED) is 0.808. The van der Waals surface area contributed by atoms with Crippen molar-refractivity contribution in [1.29, 1.82) is 0 Å². The van der Waals surface area contributed by atoms with E-state index in [1.807, 2.05) is 24.3 Å². The summed E-state index contributed by atoms with van der Waals surface area (Å²) < 4.78 is 37.6. The fraction of sp³-hybridized carbons (Fsp3) is 0.471. The van der Waals surface area contributed by atoms with Gasteiger partial charge >= 0.3 is 0 Å². The third kappa shape index (κ3) is 4.36. The van der Waals surface area contributed by atoms with Gasteiger partial charge < -0.3 is 9.26 Å². The van der Waals surface area contributed by atoms with Crippen LogP contribution >= 0.6 is 0 Å². The molecule has 1 N–H and O–H groups in total. The summed E-state index contributed by atoms with van der Waals surface area (Å²) in [4.78, 5) is 0.0947. The molecule has 132 valence electrons. The molecule has 0 aliphatic rings. The highest BCUT2D eigenvalue weighted by molar-refractivity contribution is 7.89. The Kier molecular flexibility index (Phi) is 5.35. The van der Waals surface area contributed by atoms with Gasteiger partial charge in [0, 0.05) is 6.54 Å². The van der Waals surface area contributed by atoms with Crippen LogP contribution in [0.3, 0.4) is 0 Å². The van der Waals surface area contributed by atoms with Gasteiger partial charge in [-0.05, 0) is 37.0 Å². The largest absolute Gasteiger partial charge is 0.492 e. The van der Waals surface area contributed by atoms with Gasteiger partial charge in [-0.2, -0.15) is 0 Å². The van der Waals surface area contributed by atoms with Gasteiger partial charge in [0.15, 0.2) is 5.76 Å². The lowest BCUT2D eigenvalue weighted by Crippen LogP contribution is -2.29. The average molecular weight is 352 g/mol. The standard InChI is InChI=1S/C17H24N2O4S/c1-12-16(13(2)23-19-12)24(20,21)18-9-10-22-15-8-6-7-14(11-15)17(3,4)5/h6-8,11,18H,9-10H2,1-5H3. The van der Waals surface area contributed by atoms with Crippen LogP contribution in [0.15, 0.2) is 33.7 Å². The summed E-state index contributed by atoms with van der Waals surface area (Å²) in [5, 5.41) is 3.67. The van der Waals surface area contributed by atoms with Gasteiger partial charge in [-0.3, -0.25) is 0 Å². The monoisotopic (exact) mass is 352 g/mol. The van der Waals surface area contributed by atoms with Gasteiger partial charge in [0.2, 0.25) is 10.0 Å². The summed E-state index contributed by atoms with van der Waals surface area (Å²) in [7, 11) is -3.65. The fourth-order valence-corrected chi connectivity index (χ4v) is 3.67. The van der Waals surface area contributed by atoms with Crippen LogP contribution in [-0.2, 0) is 15.4 Å². The molecule has 6 nitrogen and oxygen atoms in total. The minimum absolute atomic E-state index is 0.0320. The number of nitrogens with zero attached hydrogens (tertiary/aromatic N) is 1. The summed E-state index contributed by atoms with van der Waals surface area (Å²) >= 11 is 0. The number of sulfonamides is 1. The Balaban J connectivity index is 1.94. The zero-order valence-corrected chi connectivity index (χ0v) is 15.5. The first-order valence-corrected chi connectivity index (χ1v) is 9.25. The molecule has 0 amide bonds. The smallest absolute Gasteiger partial charge is 0.246 e. The highest BCUT2D eigenvalue weighted by Gasteiger charge is 2.23. The fourth-order valence-electron chi connectivity index (χ4n) is 2.33. The SMILES string of the molecule is Cc1noc(C)c1S(=O)(=O)NCCOc1cccc(C(C)(C)C)c1. The van der Waals surface area contributed by atoms with Crippen LogP contribution in [0.25, 0.3) is 0 Å². The Morgan fingerprint density at radius 1 is 1.25 bits per heavy atom. The van der Waals surface area contributed by atoms with Crippen LogP contribution in [-0.4, -0.2) is 26.7 Å². The van der Waals surface area contributed by atoms with Crippen molar-refractivity contribution in [1.82, 2.24) is 9.88 Å². The predicted octanol–water partition coefficient (Wildman–Crippen LogP) is 2.95. The van der Waals surface area contributed by atoms with Crippen molar-refractivity contribution in [2.45, 2.75) is 44.9 Å². The van der Waals surface area contributed by atoms with Gasteiger partial charge in [0.25, 0.3) is 0 Å². The summed E-state index contributed by atoms with van der Waals surface area (Å²) in [6.45, 7) is 9.95. The molecule has 1 aromatic carbocycles. The molecule has 1 heterocycles. The van der Waals surface area contributed by atoms with E-state index in [1.54, 1.807) is 13.8 Å². The Morgan fingerprint density at radius 2 is 1.96 bits per heavy atom. The van der Waals surface area contributed by atoms with Crippen LogP contribution in [0.4, 0.5) is 0 Å². The molecule has 0 bridgehead atoms. The van der Waals surface area contributed by atoms with Crippen molar-refractivity contribution in [2.24, 2.45) is 0 Å². The zero-order chi connectivity index (χ0) is 18.0. The molecule has 0 radical (unpaired) electrons. The third-order valence-electron chi connectivity index (χ3n) is 3.60. The Bertz CT molecular complexity index is 785. The van der Waals surface area contributed by atoms with E-state index in [-0.39, 0.29) is 29.2 Å². The topological polar surface area (TPSA) is 81.4 Å². The summed E-state index contributed by atoms with van der Waals surface area (Å²) in [6.07, 6.45) is 0. The number of hydrogen-bond donors (Lipinski definition) is 1. The maximum Gasteiger partial charge on any atom is 0.246 e. The first kappa shape index (κ1) is 18.5. The van der Waals surface area contributed by atoms with Crippen LogP contribution in [0.5, 0.6) is 5.75 Å². The number of rotatable bonds is 6. The van der Waals surface area contributed by atoms with Crippen LogP contribution in [0.2, 0.25) is 0 Å². The van der Waals surface area contributed by atoms with E-state index in [0.717, 1.165) is 11.3 Å². The van der Waals surface area contributed by atoms with E-state index in [9.17, 15) is 8.42 Å². The van der Waals surface area contributed by atoms with E-state index >= 15 is 0 Å². The molecule has 0 saturated heterocycles. The number of nitrogens with one attached hydrogen (secondary N) is 1. The second-order valence-corrected chi connectivity index (χ2v) is 8.38.